The average molecular weight is 450 g/mol. The van der Waals surface area contributed by atoms with Crippen molar-refractivity contribution in [3.63, 3.8) is 0 Å². The van der Waals surface area contributed by atoms with Gasteiger partial charge in [-0.05, 0) is 44.5 Å². The van der Waals surface area contributed by atoms with Crippen LogP contribution in [0.2, 0.25) is 0 Å². The zero-order valence-electron chi connectivity index (χ0n) is 18.2. The van der Waals surface area contributed by atoms with Crippen LogP contribution >= 0.6 is 11.3 Å². The van der Waals surface area contributed by atoms with Crippen LogP contribution in [0, 0.1) is 0 Å². The number of methoxy groups -OCH3 is 1. The smallest absolute Gasteiger partial charge is 0.338 e. The summed E-state index contributed by atoms with van der Waals surface area (Å²) in [4.78, 5) is 35.5. The molecule has 0 saturated carbocycles. The van der Waals surface area contributed by atoms with E-state index < -0.39 is 12.0 Å². The number of pyridine rings is 1. The quantitative estimate of drug-likeness (QED) is 0.559. The maximum absolute atomic E-state index is 13.5. The first-order valence-corrected chi connectivity index (χ1v) is 11.0. The summed E-state index contributed by atoms with van der Waals surface area (Å²) in [6, 6.07) is 10.4. The number of benzene rings is 1. The SMILES string of the molecule is COC(=O)C1=C(C)N=c2sc(=Cc3cccnc3)c(=O)n2C1c1ccccc1OC(C)C. The Morgan fingerprint density at radius 3 is 2.69 bits per heavy atom. The van der Waals surface area contributed by atoms with Crippen molar-refractivity contribution in [1.29, 1.82) is 0 Å². The Hall–Kier alpha value is -3.52. The molecule has 0 amide bonds. The summed E-state index contributed by atoms with van der Waals surface area (Å²) < 4.78 is 13.1. The molecule has 0 aliphatic carbocycles. The first kappa shape index (κ1) is 21.7. The van der Waals surface area contributed by atoms with Crippen molar-refractivity contribution in [2.75, 3.05) is 7.11 Å². The van der Waals surface area contributed by atoms with Gasteiger partial charge < -0.3 is 9.47 Å². The predicted molar refractivity (Wildman–Crippen MR) is 122 cm³/mol. The molecule has 0 N–H and O–H groups in total. The van der Waals surface area contributed by atoms with E-state index in [1.807, 2.05) is 50.2 Å². The Kier molecular flexibility index (Phi) is 6.05. The van der Waals surface area contributed by atoms with Crippen molar-refractivity contribution < 1.29 is 14.3 Å². The van der Waals surface area contributed by atoms with E-state index in [1.54, 1.807) is 30.0 Å². The van der Waals surface area contributed by atoms with Crippen LogP contribution in [0.5, 0.6) is 5.75 Å². The van der Waals surface area contributed by atoms with Gasteiger partial charge in [-0.2, -0.15) is 0 Å². The molecule has 1 aliphatic rings. The molecule has 164 valence electrons. The van der Waals surface area contributed by atoms with Gasteiger partial charge in [-0.3, -0.25) is 14.3 Å². The lowest BCUT2D eigenvalue weighted by molar-refractivity contribution is -0.136. The predicted octanol–water partition coefficient (Wildman–Crippen LogP) is 2.59. The number of thiazole rings is 1. The first-order valence-electron chi connectivity index (χ1n) is 10.2. The summed E-state index contributed by atoms with van der Waals surface area (Å²) in [5.74, 6) is 0.0718. The molecule has 0 saturated heterocycles. The Morgan fingerprint density at radius 2 is 2.00 bits per heavy atom. The summed E-state index contributed by atoms with van der Waals surface area (Å²) in [5.41, 5.74) is 2.09. The second-order valence-corrected chi connectivity index (χ2v) is 8.57. The summed E-state index contributed by atoms with van der Waals surface area (Å²) in [6.07, 6.45) is 5.06. The van der Waals surface area contributed by atoms with Crippen LogP contribution in [-0.4, -0.2) is 28.7 Å². The Bertz CT molecular complexity index is 1370. The fourth-order valence-corrected chi connectivity index (χ4v) is 4.71. The van der Waals surface area contributed by atoms with Crippen molar-refractivity contribution >= 4 is 23.4 Å². The second-order valence-electron chi connectivity index (χ2n) is 7.56. The van der Waals surface area contributed by atoms with Gasteiger partial charge in [0.1, 0.15) is 11.8 Å². The molecule has 1 atom stereocenters. The van der Waals surface area contributed by atoms with Crippen LogP contribution < -0.4 is 19.6 Å². The van der Waals surface area contributed by atoms with E-state index in [1.165, 1.54) is 18.4 Å². The third-order valence-corrected chi connectivity index (χ3v) is 5.97. The summed E-state index contributed by atoms with van der Waals surface area (Å²) in [6.45, 7) is 5.61. The lowest BCUT2D eigenvalue weighted by Crippen LogP contribution is -2.40. The lowest BCUT2D eigenvalue weighted by Gasteiger charge is -2.26. The van der Waals surface area contributed by atoms with E-state index in [2.05, 4.69) is 9.98 Å². The van der Waals surface area contributed by atoms with Crippen molar-refractivity contribution in [2.24, 2.45) is 4.99 Å². The molecule has 32 heavy (non-hydrogen) atoms. The number of fused-ring (bicyclic) bond motifs is 1. The van der Waals surface area contributed by atoms with Gasteiger partial charge in [0.15, 0.2) is 4.80 Å². The lowest BCUT2D eigenvalue weighted by atomic mass is 9.95. The molecule has 0 fully saturated rings. The Labute approximate surface area is 189 Å². The molecule has 0 bridgehead atoms. The first-order chi connectivity index (χ1) is 15.4. The summed E-state index contributed by atoms with van der Waals surface area (Å²) >= 11 is 1.27. The third kappa shape index (κ3) is 4.01. The number of carbonyl (C=O) groups is 1. The van der Waals surface area contributed by atoms with E-state index in [9.17, 15) is 9.59 Å². The van der Waals surface area contributed by atoms with Gasteiger partial charge in [0.25, 0.3) is 5.56 Å². The highest BCUT2D eigenvalue weighted by molar-refractivity contribution is 7.07. The van der Waals surface area contributed by atoms with E-state index in [0.717, 1.165) is 5.56 Å². The van der Waals surface area contributed by atoms with Gasteiger partial charge >= 0.3 is 5.97 Å². The van der Waals surface area contributed by atoms with Crippen molar-refractivity contribution in [2.45, 2.75) is 32.9 Å². The average Bonchev–Trinajstić information content (AvgIpc) is 3.07. The zero-order chi connectivity index (χ0) is 22.8. The molecule has 4 rings (SSSR count). The molecule has 8 heteroatoms. The van der Waals surface area contributed by atoms with E-state index in [4.69, 9.17) is 9.47 Å². The molecule has 2 aromatic heterocycles. The largest absolute Gasteiger partial charge is 0.491 e. The number of aromatic nitrogens is 2. The monoisotopic (exact) mass is 449 g/mol. The number of hydrogen-bond donors (Lipinski definition) is 0. The number of esters is 1. The number of ether oxygens (including phenoxy) is 2. The second kappa shape index (κ2) is 8.92. The molecule has 0 radical (unpaired) electrons. The van der Waals surface area contributed by atoms with Gasteiger partial charge in [-0.1, -0.05) is 35.6 Å². The number of carbonyl (C=O) groups excluding carboxylic acids is 1. The molecule has 1 unspecified atom stereocenters. The van der Waals surface area contributed by atoms with Gasteiger partial charge in [0, 0.05) is 18.0 Å². The number of allylic oxidation sites excluding steroid dienone is 1. The normalized spacial score (nSPS) is 16.0. The minimum Gasteiger partial charge on any atom is -0.491 e. The maximum Gasteiger partial charge on any atom is 0.338 e. The minimum absolute atomic E-state index is 0.0794. The maximum atomic E-state index is 13.5. The fourth-order valence-electron chi connectivity index (χ4n) is 3.67. The fraction of sp³-hybridized carbons (Fsp3) is 0.250. The number of rotatable bonds is 5. The molecule has 7 nitrogen and oxygen atoms in total. The van der Waals surface area contributed by atoms with Crippen molar-refractivity contribution in [3.8, 4) is 5.75 Å². The van der Waals surface area contributed by atoms with Crippen LogP contribution in [0.15, 0.2) is 69.8 Å². The van der Waals surface area contributed by atoms with Crippen molar-refractivity contribution in [1.82, 2.24) is 9.55 Å². The summed E-state index contributed by atoms with van der Waals surface area (Å²) in [7, 11) is 1.32. The minimum atomic E-state index is -0.718. The molecular weight excluding hydrogens is 426 g/mol. The van der Waals surface area contributed by atoms with Gasteiger partial charge in [0.05, 0.1) is 29.0 Å². The number of hydrogen-bond acceptors (Lipinski definition) is 7. The molecule has 1 aliphatic heterocycles. The number of nitrogens with zero attached hydrogens (tertiary/aromatic N) is 3. The van der Waals surface area contributed by atoms with E-state index in [-0.39, 0.29) is 11.7 Å². The summed E-state index contributed by atoms with van der Waals surface area (Å²) in [5, 5.41) is 0. The van der Waals surface area contributed by atoms with Crippen molar-refractivity contribution in [3.05, 3.63) is 90.9 Å². The van der Waals surface area contributed by atoms with Crippen LogP contribution in [0.1, 0.15) is 37.9 Å². The molecule has 1 aromatic carbocycles. The topological polar surface area (TPSA) is 82.8 Å². The highest BCUT2D eigenvalue weighted by Crippen LogP contribution is 2.36. The number of para-hydroxylation sites is 1. The highest BCUT2D eigenvalue weighted by atomic mass is 32.1. The van der Waals surface area contributed by atoms with Crippen LogP contribution in [0.3, 0.4) is 0 Å². The third-order valence-electron chi connectivity index (χ3n) is 4.99. The van der Waals surface area contributed by atoms with E-state index in [0.29, 0.717) is 31.9 Å². The van der Waals surface area contributed by atoms with E-state index >= 15 is 0 Å². The van der Waals surface area contributed by atoms with Gasteiger partial charge in [-0.25, -0.2) is 9.79 Å². The Morgan fingerprint density at radius 1 is 1.22 bits per heavy atom. The molecule has 3 heterocycles. The Balaban J connectivity index is 2.00. The standard InChI is InChI=1S/C24H23N3O4S/c1-14(2)31-18-10-6-5-9-17(18)21-20(23(29)30-4)15(3)26-24-27(21)22(28)19(32-24)12-16-8-7-11-25-13-16/h5-14,21H,1-4H3. The molecule has 0 spiro atoms. The highest BCUT2D eigenvalue weighted by Gasteiger charge is 2.34. The molecule has 3 aromatic rings. The van der Waals surface area contributed by atoms with Crippen LogP contribution in [-0.2, 0) is 9.53 Å². The molecular formula is C24H23N3O4S. The van der Waals surface area contributed by atoms with Gasteiger partial charge in [0.2, 0.25) is 0 Å². The zero-order valence-corrected chi connectivity index (χ0v) is 19.1. The van der Waals surface area contributed by atoms with Crippen LogP contribution in [0.4, 0.5) is 0 Å². The van der Waals surface area contributed by atoms with Crippen LogP contribution in [0.25, 0.3) is 6.08 Å². The van der Waals surface area contributed by atoms with Gasteiger partial charge in [-0.15, -0.1) is 0 Å².